The van der Waals surface area contributed by atoms with Crippen LogP contribution in [0.2, 0.25) is 0 Å². The molecule has 1 aliphatic rings. The van der Waals surface area contributed by atoms with Crippen LogP contribution in [0.3, 0.4) is 0 Å². The molecule has 0 radical (unpaired) electrons. The average Bonchev–Trinajstić information content (AvgIpc) is 3.19. The Morgan fingerprint density at radius 3 is 2.63 bits per heavy atom. The second-order valence-corrected chi connectivity index (χ2v) is 8.81. The number of rotatable bonds is 5. The molecule has 4 rings (SSSR count). The van der Waals surface area contributed by atoms with E-state index < -0.39 is 0 Å². The minimum absolute atomic E-state index is 0.173. The highest BCUT2D eigenvalue weighted by molar-refractivity contribution is 7.99. The van der Waals surface area contributed by atoms with Gasteiger partial charge in [-0.3, -0.25) is 14.3 Å². The van der Waals surface area contributed by atoms with Gasteiger partial charge in [0.2, 0.25) is 5.91 Å². The van der Waals surface area contributed by atoms with Gasteiger partial charge in [-0.25, -0.2) is 0 Å². The molecule has 7 heteroatoms. The monoisotopic (exact) mass is 421 g/mol. The van der Waals surface area contributed by atoms with Crippen LogP contribution in [0.1, 0.15) is 37.3 Å². The van der Waals surface area contributed by atoms with Gasteiger partial charge in [0.1, 0.15) is 0 Å². The molecule has 1 aliphatic heterocycles. The summed E-state index contributed by atoms with van der Waals surface area (Å²) in [5.41, 5.74) is 4.38. The number of carbonyl (C=O) groups is 1. The maximum Gasteiger partial charge on any atom is 0.233 e. The van der Waals surface area contributed by atoms with Crippen molar-refractivity contribution in [1.82, 2.24) is 24.6 Å². The molecule has 1 aromatic carbocycles. The molecule has 1 saturated heterocycles. The molecular formula is C23H27N5OS. The molecule has 1 amide bonds. The summed E-state index contributed by atoms with van der Waals surface area (Å²) in [7, 11) is 0. The number of aromatic nitrogens is 4. The lowest BCUT2D eigenvalue weighted by Gasteiger charge is -2.33. The molecule has 156 valence electrons. The van der Waals surface area contributed by atoms with Crippen molar-refractivity contribution < 1.29 is 4.79 Å². The normalized spacial score (nSPS) is 16.6. The van der Waals surface area contributed by atoms with Crippen LogP contribution in [-0.4, -0.2) is 48.9 Å². The first-order chi connectivity index (χ1) is 14.5. The van der Waals surface area contributed by atoms with Crippen molar-refractivity contribution in [2.45, 2.75) is 51.2 Å². The summed E-state index contributed by atoms with van der Waals surface area (Å²) in [6.45, 7) is 7.19. The first-order valence-corrected chi connectivity index (χ1v) is 11.4. The summed E-state index contributed by atoms with van der Waals surface area (Å²) in [4.78, 5) is 19.0. The van der Waals surface area contributed by atoms with Crippen LogP contribution in [0.5, 0.6) is 0 Å². The number of aryl methyl sites for hydroxylation is 2. The van der Waals surface area contributed by atoms with Gasteiger partial charge < -0.3 is 4.90 Å². The Morgan fingerprint density at radius 2 is 1.90 bits per heavy atom. The van der Waals surface area contributed by atoms with E-state index in [4.69, 9.17) is 0 Å². The predicted molar refractivity (Wildman–Crippen MR) is 120 cm³/mol. The number of amides is 1. The molecule has 0 aliphatic carbocycles. The topological polar surface area (TPSA) is 63.9 Å². The SMILES string of the molecule is Cc1ccc(-n2c(SCC(=O)N3CCCCC3C)nnc2-c2ccncc2)cc1C. The third-order valence-corrected chi connectivity index (χ3v) is 6.68. The Kier molecular flexibility index (Phi) is 6.18. The quantitative estimate of drug-likeness (QED) is 0.570. The number of likely N-dealkylation sites (tertiary alicyclic amines) is 1. The fourth-order valence-corrected chi connectivity index (χ4v) is 4.66. The van der Waals surface area contributed by atoms with Crippen LogP contribution in [-0.2, 0) is 4.79 Å². The molecule has 30 heavy (non-hydrogen) atoms. The average molecular weight is 422 g/mol. The zero-order valence-corrected chi connectivity index (χ0v) is 18.5. The lowest BCUT2D eigenvalue weighted by atomic mass is 10.0. The fourth-order valence-electron chi connectivity index (χ4n) is 3.83. The molecule has 2 aromatic heterocycles. The summed E-state index contributed by atoms with van der Waals surface area (Å²) in [5, 5.41) is 9.63. The number of nitrogens with zero attached hydrogens (tertiary/aromatic N) is 5. The van der Waals surface area contributed by atoms with Crippen molar-refractivity contribution in [3.05, 3.63) is 53.9 Å². The van der Waals surface area contributed by atoms with E-state index >= 15 is 0 Å². The van der Waals surface area contributed by atoms with Crippen molar-refractivity contribution in [3.8, 4) is 17.1 Å². The molecule has 3 aromatic rings. The largest absolute Gasteiger partial charge is 0.339 e. The highest BCUT2D eigenvalue weighted by atomic mass is 32.2. The molecule has 3 heterocycles. The number of pyridine rings is 1. The minimum atomic E-state index is 0.173. The van der Waals surface area contributed by atoms with E-state index in [9.17, 15) is 4.79 Å². The zero-order valence-electron chi connectivity index (χ0n) is 17.7. The first kappa shape index (κ1) is 20.6. The van der Waals surface area contributed by atoms with Crippen LogP contribution in [0.25, 0.3) is 17.1 Å². The van der Waals surface area contributed by atoms with Crippen molar-refractivity contribution in [1.29, 1.82) is 0 Å². The maximum absolute atomic E-state index is 12.8. The van der Waals surface area contributed by atoms with E-state index in [1.165, 1.54) is 29.3 Å². The molecule has 1 unspecified atom stereocenters. The highest BCUT2D eigenvalue weighted by Gasteiger charge is 2.24. The number of carbonyl (C=O) groups excluding carboxylic acids is 1. The minimum Gasteiger partial charge on any atom is -0.339 e. The van der Waals surface area contributed by atoms with E-state index in [-0.39, 0.29) is 5.91 Å². The van der Waals surface area contributed by atoms with Gasteiger partial charge in [-0.15, -0.1) is 10.2 Å². The lowest BCUT2D eigenvalue weighted by molar-refractivity contribution is -0.131. The Bertz CT molecular complexity index is 1030. The van der Waals surface area contributed by atoms with Gasteiger partial charge in [0.25, 0.3) is 0 Å². The van der Waals surface area contributed by atoms with Gasteiger partial charge in [0.05, 0.1) is 11.4 Å². The number of piperidine rings is 1. The van der Waals surface area contributed by atoms with Gasteiger partial charge in [-0.2, -0.15) is 0 Å². The number of benzene rings is 1. The van der Waals surface area contributed by atoms with Gasteiger partial charge in [-0.1, -0.05) is 17.8 Å². The second kappa shape index (κ2) is 9.00. The van der Waals surface area contributed by atoms with Crippen molar-refractivity contribution in [3.63, 3.8) is 0 Å². The van der Waals surface area contributed by atoms with E-state index in [0.717, 1.165) is 41.6 Å². The van der Waals surface area contributed by atoms with Crippen LogP contribution in [0.15, 0.2) is 47.9 Å². The molecule has 0 bridgehead atoms. The lowest BCUT2D eigenvalue weighted by Crippen LogP contribution is -2.42. The Labute approximate surface area is 181 Å². The van der Waals surface area contributed by atoms with E-state index in [0.29, 0.717) is 11.8 Å². The molecular weight excluding hydrogens is 394 g/mol. The van der Waals surface area contributed by atoms with Crippen molar-refractivity contribution >= 4 is 17.7 Å². The molecule has 1 fully saturated rings. The fraction of sp³-hybridized carbons (Fsp3) is 0.391. The van der Waals surface area contributed by atoms with Crippen LogP contribution < -0.4 is 0 Å². The Balaban J connectivity index is 1.65. The Morgan fingerprint density at radius 1 is 1.10 bits per heavy atom. The number of hydrogen-bond donors (Lipinski definition) is 0. The van der Waals surface area contributed by atoms with Crippen LogP contribution in [0.4, 0.5) is 0 Å². The maximum atomic E-state index is 12.8. The van der Waals surface area contributed by atoms with Crippen LogP contribution >= 0.6 is 11.8 Å². The van der Waals surface area contributed by atoms with E-state index in [2.05, 4.69) is 54.2 Å². The third-order valence-electron chi connectivity index (χ3n) is 5.77. The predicted octanol–water partition coefficient (Wildman–Crippen LogP) is 4.44. The van der Waals surface area contributed by atoms with Gasteiger partial charge >= 0.3 is 0 Å². The van der Waals surface area contributed by atoms with Crippen molar-refractivity contribution in [2.75, 3.05) is 12.3 Å². The Hall–Kier alpha value is -2.67. The summed E-state index contributed by atoms with van der Waals surface area (Å²) >= 11 is 1.45. The summed E-state index contributed by atoms with van der Waals surface area (Å²) in [5.74, 6) is 1.29. The summed E-state index contributed by atoms with van der Waals surface area (Å²) in [6, 6.07) is 10.5. The zero-order chi connectivity index (χ0) is 21.1. The van der Waals surface area contributed by atoms with E-state index in [1.807, 2.05) is 21.6 Å². The molecule has 0 N–H and O–H groups in total. The first-order valence-electron chi connectivity index (χ1n) is 10.4. The smallest absolute Gasteiger partial charge is 0.233 e. The van der Waals surface area contributed by atoms with Crippen LogP contribution in [0, 0.1) is 13.8 Å². The number of hydrogen-bond acceptors (Lipinski definition) is 5. The van der Waals surface area contributed by atoms with Gasteiger partial charge in [0, 0.05) is 30.5 Å². The molecule has 0 saturated carbocycles. The number of thioether (sulfide) groups is 1. The summed E-state index contributed by atoms with van der Waals surface area (Å²) < 4.78 is 2.04. The van der Waals surface area contributed by atoms with E-state index in [1.54, 1.807) is 12.4 Å². The molecule has 0 spiro atoms. The highest BCUT2D eigenvalue weighted by Crippen LogP contribution is 2.29. The molecule has 1 atom stereocenters. The second-order valence-electron chi connectivity index (χ2n) is 7.87. The van der Waals surface area contributed by atoms with Crippen molar-refractivity contribution in [2.24, 2.45) is 0 Å². The van der Waals surface area contributed by atoms with Gasteiger partial charge in [-0.05, 0) is 75.4 Å². The summed E-state index contributed by atoms with van der Waals surface area (Å²) in [6.07, 6.45) is 6.88. The van der Waals surface area contributed by atoms with Gasteiger partial charge in [0.15, 0.2) is 11.0 Å². The molecule has 6 nitrogen and oxygen atoms in total. The standard InChI is InChI=1S/C23H27N5OS/c1-16-7-8-20(14-17(16)2)28-22(19-9-11-24-12-10-19)25-26-23(28)30-15-21(29)27-13-5-4-6-18(27)3/h7-12,14,18H,4-6,13,15H2,1-3H3. The third kappa shape index (κ3) is 4.26.